The molecule has 0 N–H and O–H groups in total. The summed E-state index contributed by atoms with van der Waals surface area (Å²) in [7, 11) is 5.64. The van der Waals surface area contributed by atoms with Gasteiger partial charge in [-0.2, -0.15) is 0 Å². The van der Waals surface area contributed by atoms with Crippen LogP contribution in [-0.2, 0) is 14.9 Å². The lowest BCUT2D eigenvalue weighted by Crippen LogP contribution is -2.53. The maximum atomic E-state index is 6.46. The molecule has 5 heteroatoms. The zero-order valence-electron chi connectivity index (χ0n) is 17.1. The van der Waals surface area contributed by atoms with Gasteiger partial charge in [0.25, 0.3) is 0 Å². The minimum atomic E-state index is -0.386. The Hall–Kier alpha value is -1.30. The van der Waals surface area contributed by atoms with Gasteiger partial charge in [0.15, 0.2) is 17.3 Å². The third-order valence-corrected chi connectivity index (χ3v) is 7.02. The molecule has 1 spiro atoms. The summed E-state index contributed by atoms with van der Waals surface area (Å²) < 4.78 is 23.8. The number of fused-ring (bicyclic) bond motifs is 1. The van der Waals surface area contributed by atoms with E-state index in [2.05, 4.69) is 31.0 Å². The molecule has 3 aliphatic rings. The molecular formula is C22H33NO4. The molecule has 0 bridgehead atoms. The first-order valence-electron chi connectivity index (χ1n) is 10.3. The van der Waals surface area contributed by atoms with Gasteiger partial charge in [-0.15, -0.1) is 0 Å². The lowest BCUT2D eigenvalue weighted by atomic mass is 9.64. The van der Waals surface area contributed by atoms with Crippen LogP contribution < -0.4 is 9.47 Å². The Bertz CT molecular complexity index is 680. The Balaban J connectivity index is 1.62. The number of nitrogens with zero attached hydrogens (tertiary/aromatic N) is 1. The molecule has 0 aromatic heterocycles. The molecule has 4 unspecified atom stereocenters. The number of ether oxygens (including phenoxy) is 4. The fourth-order valence-corrected chi connectivity index (χ4v) is 5.52. The average molecular weight is 376 g/mol. The highest BCUT2D eigenvalue weighted by molar-refractivity contribution is 5.46. The van der Waals surface area contributed by atoms with E-state index in [1.165, 1.54) is 5.56 Å². The van der Waals surface area contributed by atoms with Gasteiger partial charge in [-0.25, -0.2) is 0 Å². The molecule has 0 radical (unpaired) electrons. The average Bonchev–Trinajstić information content (AvgIpc) is 3.24. The largest absolute Gasteiger partial charge is 0.493 e. The van der Waals surface area contributed by atoms with Crippen molar-refractivity contribution < 1.29 is 18.9 Å². The zero-order valence-corrected chi connectivity index (χ0v) is 17.1. The normalized spacial score (nSPS) is 36.1. The topological polar surface area (TPSA) is 40.2 Å². The SMILES string of the molecule is CCCC1COC2(CCC3(c4ccc(OC)c(OC)c4)CCN(C)C3C2)O1. The quantitative estimate of drug-likeness (QED) is 0.784. The van der Waals surface area contributed by atoms with E-state index in [9.17, 15) is 0 Å². The molecule has 2 aliphatic heterocycles. The molecule has 4 atom stereocenters. The van der Waals surface area contributed by atoms with Crippen molar-refractivity contribution in [3.8, 4) is 11.5 Å². The van der Waals surface area contributed by atoms with Crippen LogP contribution in [0.5, 0.6) is 11.5 Å². The molecule has 150 valence electrons. The summed E-state index contributed by atoms with van der Waals surface area (Å²) in [6.45, 7) is 4.06. The van der Waals surface area contributed by atoms with Crippen molar-refractivity contribution in [1.82, 2.24) is 4.90 Å². The molecule has 2 heterocycles. The highest BCUT2D eigenvalue weighted by atomic mass is 16.7. The fourth-order valence-electron chi connectivity index (χ4n) is 5.52. The van der Waals surface area contributed by atoms with Gasteiger partial charge < -0.3 is 23.8 Å². The lowest BCUT2D eigenvalue weighted by molar-refractivity contribution is -0.204. The van der Waals surface area contributed by atoms with Gasteiger partial charge in [0.2, 0.25) is 0 Å². The van der Waals surface area contributed by atoms with Crippen molar-refractivity contribution in [2.24, 2.45) is 0 Å². The molecule has 1 aromatic carbocycles. The highest BCUT2D eigenvalue weighted by Crippen LogP contribution is 2.54. The second kappa shape index (κ2) is 7.26. The van der Waals surface area contributed by atoms with E-state index < -0.39 is 0 Å². The number of benzene rings is 1. The van der Waals surface area contributed by atoms with Gasteiger partial charge in [-0.05, 0) is 50.6 Å². The van der Waals surface area contributed by atoms with Gasteiger partial charge in [0.1, 0.15) is 0 Å². The summed E-state index contributed by atoms with van der Waals surface area (Å²) in [4.78, 5) is 2.50. The standard InChI is InChI=1S/C22H33NO4/c1-5-6-17-15-26-22(27-17)10-9-21(11-12-23(2)20(21)14-22)16-7-8-18(24-3)19(13-16)25-4/h7-8,13,17,20H,5-6,9-12,14-15H2,1-4H3. The number of rotatable bonds is 5. The van der Waals surface area contributed by atoms with Crippen LogP contribution in [0.2, 0.25) is 0 Å². The van der Waals surface area contributed by atoms with Crippen LogP contribution in [0.3, 0.4) is 0 Å². The summed E-state index contributed by atoms with van der Waals surface area (Å²) in [6, 6.07) is 6.87. The molecule has 4 rings (SSSR count). The minimum absolute atomic E-state index is 0.134. The van der Waals surface area contributed by atoms with E-state index in [0.717, 1.165) is 63.2 Å². The molecule has 27 heavy (non-hydrogen) atoms. The lowest BCUT2D eigenvalue weighted by Gasteiger charge is -2.48. The predicted molar refractivity (Wildman–Crippen MR) is 105 cm³/mol. The van der Waals surface area contributed by atoms with Gasteiger partial charge in [-0.1, -0.05) is 19.4 Å². The van der Waals surface area contributed by atoms with Crippen LogP contribution in [0.4, 0.5) is 0 Å². The van der Waals surface area contributed by atoms with E-state index in [1.807, 2.05) is 6.07 Å². The van der Waals surface area contributed by atoms with E-state index in [-0.39, 0.29) is 17.3 Å². The first kappa shape index (κ1) is 19.0. The number of likely N-dealkylation sites (N-methyl/N-ethyl adjacent to an activating group) is 1. The summed E-state index contributed by atoms with van der Waals surface area (Å²) >= 11 is 0. The maximum absolute atomic E-state index is 6.46. The van der Waals surface area contributed by atoms with Crippen LogP contribution in [0.25, 0.3) is 0 Å². The summed E-state index contributed by atoms with van der Waals surface area (Å²) in [6.07, 6.45) is 6.64. The molecule has 5 nitrogen and oxygen atoms in total. The molecule has 1 saturated carbocycles. The maximum Gasteiger partial charge on any atom is 0.170 e. The molecule has 0 amide bonds. The van der Waals surface area contributed by atoms with Crippen molar-refractivity contribution in [1.29, 1.82) is 0 Å². The second-order valence-corrected chi connectivity index (χ2v) is 8.43. The van der Waals surface area contributed by atoms with Gasteiger partial charge in [-0.3, -0.25) is 0 Å². The molecule has 1 aliphatic carbocycles. The van der Waals surface area contributed by atoms with Gasteiger partial charge >= 0.3 is 0 Å². The van der Waals surface area contributed by atoms with Gasteiger partial charge in [0, 0.05) is 24.3 Å². The summed E-state index contributed by atoms with van der Waals surface area (Å²) in [5.41, 5.74) is 1.49. The van der Waals surface area contributed by atoms with Crippen LogP contribution in [0.1, 0.15) is 51.0 Å². The third-order valence-electron chi connectivity index (χ3n) is 7.02. The van der Waals surface area contributed by atoms with Crippen LogP contribution in [-0.4, -0.2) is 57.3 Å². The summed E-state index contributed by atoms with van der Waals surface area (Å²) in [5.74, 6) is 1.22. The van der Waals surface area contributed by atoms with Crippen molar-refractivity contribution in [2.75, 3.05) is 34.4 Å². The monoisotopic (exact) mass is 375 g/mol. The van der Waals surface area contributed by atoms with E-state index >= 15 is 0 Å². The Morgan fingerprint density at radius 3 is 2.70 bits per heavy atom. The molecular weight excluding hydrogens is 342 g/mol. The summed E-state index contributed by atoms with van der Waals surface area (Å²) in [5, 5.41) is 0. The second-order valence-electron chi connectivity index (χ2n) is 8.43. The molecule has 1 aromatic rings. The first-order chi connectivity index (χ1) is 13.1. The van der Waals surface area contributed by atoms with Crippen LogP contribution in [0, 0.1) is 0 Å². The highest BCUT2D eigenvalue weighted by Gasteiger charge is 2.57. The van der Waals surface area contributed by atoms with Crippen molar-refractivity contribution in [3.63, 3.8) is 0 Å². The van der Waals surface area contributed by atoms with Crippen LogP contribution >= 0.6 is 0 Å². The van der Waals surface area contributed by atoms with E-state index in [4.69, 9.17) is 18.9 Å². The Morgan fingerprint density at radius 1 is 1.15 bits per heavy atom. The van der Waals surface area contributed by atoms with Crippen LogP contribution in [0.15, 0.2) is 18.2 Å². The minimum Gasteiger partial charge on any atom is -0.493 e. The van der Waals surface area contributed by atoms with E-state index in [1.54, 1.807) is 14.2 Å². The number of hydrogen-bond donors (Lipinski definition) is 0. The fraction of sp³-hybridized carbons (Fsp3) is 0.727. The molecule has 2 saturated heterocycles. The first-order valence-corrected chi connectivity index (χ1v) is 10.3. The van der Waals surface area contributed by atoms with Crippen molar-refractivity contribution in [2.45, 2.75) is 68.8 Å². The number of hydrogen-bond acceptors (Lipinski definition) is 5. The van der Waals surface area contributed by atoms with E-state index in [0.29, 0.717) is 6.04 Å². The van der Waals surface area contributed by atoms with Crippen molar-refractivity contribution >= 4 is 0 Å². The number of methoxy groups -OCH3 is 2. The van der Waals surface area contributed by atoms with Gasteiger partial charge in [0.05, 0.1) is 26.9 Å². The Morgan fingerprint density at radius 2 is 1.96 bits per heavy atom. The van der Waals surface area contributed by atoms with Crippen molar-refractivity contribution in [3.05, 3.63) is 23.8 Å². The number of likely N-dealkylation sites (tertiary alicyclic amines) is 1. The zero-order chi connectivity index (χ0) is 19.1. The Kier molecular flexibility index (Phi) is 5.12. The Labute approximate surface area is 162 Å². The molecule has 3 fully saturated rings. The predicted octanol–water partition coefficient (Wildman–Crippen LogP) is 3.74. The smallest absolute Gasteiger partial charge is 0.170 e. The third kappa shape index (κ3) is 3.14.